The Morgan fingerprint density at radius 1 is 1.33 bits per heavy atom. The van der Waals surface area contributed by atoms with Crippen molar-refractivity contribution >= 4 is 0 Å². The first-order chi connectivity index (χ1) is 5.53. The number of nitrogens with zero attached hydrogens (tertiary/aromatic N) is 1. The summed E-state index contributed by atoms with van der Waals surface area (Å²) >= 11 is 0. The van der Waals surface area contributed by atoms with Gasteiger partial charge in [0, 0.05) is 12.6 Å². The van der Waals surface area contributed by atoms with E-state index in [9.17, 15) is 0 Å². The zero-order valence-corrected chi connectivity index (χ0v) is 9.06. The highest BCUT2D eigenvalue weighted by molar-refractivity contribution is 4.81. The average Bonchev–Trinajstić information content (AvgIpc) is 2.31. The molecular weight excluding hydrogens is 146 g/mol. The molecule has 0 aromatic rings. The van der Waals surface area contributed by atoms with Crippen molar-refractivity contribution in [3.05, 3.63) is 0 Å². The van der Waals surface area contributed by atoms with Gasteiger partial charge in [0.1, 0.15) is 0 Å². The first kappa shape index (κ1) is 10.0. The van der Waals surface area contributed by atoms with E-state index in [2.05, 4.69) is 32.6 Å². The lowest BCUT2D eigenvalue weighted by molar-refractivity contribution is 0.174. The van der Waals surface area contributed by atoms with Gasteiger partial charge in [-0.3, -0.25) is 4.90 Å². The Hall–Kier alpha value is -0.0400. The SMILES string of the molecule is CC[C@@H]1CCCN1CC(C)(C)C. The second kappa shape index (κ2) is 3.78. The molecule has 1 saturated heterocycles. The third-order valence-electron chi connectivity index (χ3n) is 2.65. The Morgan fingerprint density at radius 3 is 2.50 bits per heavy atom. The van der Waals surface area contributed by atoms with E-state index in [0.29, 0.717) is 5.41 Å². The van der Waals surface area contributed by atoms with Crippen molar-refractivity contribution in [1.29, 1.82) is 0 Å². The highest BCUT2D eigenvalue weighted by atomic mass is 15.2. The zero-order valence-electron chi connectivity index (χ0n) is 9.06. The van der Waals surface area contributed by atoms with Crippen LogP contribution in [0.15, 0.2) is 0 Å². The molecule has 0 radical (unpaired) electrons. The van der Waals surface area contributed by atoms with Gasteiger partial charge in [-0.05, 0) is 31.2 Å². The van der Waals surface area contributed by atoms with E-state index < -0.39 is 0 Å². The summed E-state index contributed by atoms with van der Waals surface area (Å²) in [6.45, 7) is 11.9. The molecular formula is C11H23N. The maximum atomic E-state index is 2.67. The maximum absolute atomic E-state index is 2.67. The van der Waals surface area contributed by atoms with Gasteiger partial charge < -0.3 is 0 Å². The molecule has 0 spiro atoms. The highest BCUT2D eigenvalue weighted by Gasteiger charge is 2.26. The lowest BCUT2D eigenvalue weighted by Gasteiger charge is -2.30. The first-order valence-corrected chi connectivity index (χ1v) is 5.27. The molecule has 0 aromatic heterocycles. The summed E-state index contributed by atoms with van der Waals surface area (Å²) in [4.78, 5) is 2.67. The van der Waals surface area contributed by atoms with Gasteiger partial charge in [0.25, 0.3) is 0 Å². The smallest absolute Gasteiger partial charge is 0.00933 e. The molecule has 1 heteroatoms. The molecule has 1 fully saturated rings. The third-order valence-corrected chi connectivity index (χ3v) is 2.65. The molecule has 0 unspecified atom stereocenters. The van der Waals surface area contributed by atoms with Gasteiger partial charge in [0.15, 0.2) is 0 Å². The van der Waals surface area contributed by atoms with Crippen LogP contribution in [0.2, 0.25) is 0 Å². The molecule has 1 nitrogen and oxygen atoms in total. The Morgan fingerprint density at radius 2 is 2.00 bits per heavy atom. The van der Waals surface area contributed by atoms with Gasteiger partial charge >= 0.3 is 0 Å². The first-order valence-electron chi connectivity index (χ1n) is 5.27. The summed E-state index contributed by atoms with van der Waals surface area (Å²) in [7, 11) is 0. The lowest BCUT2D eigenvalue weighted by atomic mass is 9.95. The van der Waals surface area contributed by atoms with Crippen molar-refractivity contribution in [2.24, 2.45) is 5.41 Å². The number of hydrogen-bond acceptors (Lipinski definition) is 1. The molecule has 1 aliphatic heterocycles. The van der Waals surface area contributed by atoms with Gasteiger partial charge in [-0.2, -0.15) is 0 Å². The highest BCUT2D eigenvalue weighted by Crippen LogP contribution is 2.24. The number of rotatable bonds is 2. The summed E-state index contributed by atoms with van der Waals surface area (Å²) in [6.07, 6.45) is 4.16. The average molecular weight is 169 g/mol. The van der Waals surface area contributed by atoms with Crippen LogP contribution < -0.4 is 0 Å². The van der Waals surface area contributed by atoms with Crippen LogP contribution in [0.25, 0.3) is 0 Å². The molecule has 0 N–H and O–H groups in total. The van der Waals surface area contributed by atoms with Crippen LogP contribution in [0.5, 0.6) is 0 Å². The minimum Gasteiger partial charge on any atom is -0.300 e. The van der Waals surface area contributed by atoms with Crippen LogP contribution in [-0.4, -0.2) is 24.0 Å². The van der Waals surface area contributed by atoms with E-state index in [4.69, 9.17) is 0 Å². The summed E-state index contributed by atoms with van der Waals surface area (Å²) in [5.41, 5.74) is 0.470. The summed E-state index contributed by atoms with van der Waals surface area (Å²) in [5, 5.41) is 0. The standard InChI is InChI=1S/C11H23N/c1-5-10-7-6-8-12(10)9-11(2,3)4/h10H,5-9H2,1-4H3/t10-/m1/s1. The fraction of sp³-hybridized carbons (Fsp3) is 1.00. The largest absolute Gasteiger partial charge is 0.300 e. The number of hydrogen-bond donors (Lipinski definition) is 0. The molecule has 12 heavy (non-hydrogen) atoms. The van der Waals surface area contributed by atoms with Crippen molar-refractivity contribution in [2.45, 2.75) is 53.0 Å². The van der Waals surface area contributed by atoms with Crippen molar-refractivity contribution in [3.63, 3.8) is 0 Å². The van der Waals surface area contributed by atoms with E-state index in [1.807, 2.05) is 0 Å². The van der Waals surface area contributed by atoms with Crippen molar-refractivity contribution < 1.29 is 0 Å². The van der Waals surface area contributed by atoms with Gasteiger partial charge in [-0.1, -0.05) is 27.7 Å². The minimum atomic E-state index is 0.470. The quantitative estimate of drug-likeness (QED) is 0.614. The van der Waals surface area contributed by atoms with Crippen LogP contribution >= 0.6 is 0 Å². The van der Waals surface area contributed by atoms with Crippen molar-refractivity contribution in [2.75, 3.05) is 13.1 Å². The summed E-state index contributed by atoms with van der Waals surface area (Å²) < 4.78 is 0. The van der Waals surface area contributed by atoms with E-state index in [1.54, 1.807) is 0 Å². The molecule has 1 aliphatic rings. The zero-order chi connectivity index (χ0) is 9.19. The van der Waals surface area contributed by atoms with E-state index >= 15 is 0 Å². The van der Waals surface area contributed by atoms with Gasteiger partial charge in [0.05, 0.1) is 0 Å². The maximum Gasteiger partial charge on any atom is 0.00933 e. The topological polar surface area (TPSA) is 3.24 Å². The van der Waals surface area contributed by atoms with Crippen LogP contribution in [-0.2, 0) is 0 Å². The molecule has 0 saturated carbocycles. The lowest BCUT2D eigenvalue weighted by Crippen LogP contribution is -2.36. The molecule has 0 aliphatic carbocycles. The molecule has 0 bridgehead atoms. The Bertz CT molecular complexity index is 134. The fourth-order valence-electron chi connectivity index (χ4n) is 2.17. The van der Waals surface area contributed by atoms with E-state index in [1.165, 1.54) is 32.4 Å². The van der Waals surface area contributed by atoms with E-state index in [-0.39, 0.29) is 0 Å². The third kappa shape index (κ3) is 2.78. The molecule has 72 valence electrons. The second-order valence-electron chi connectivity index (χ2n) is 5.24. The summed E-state index contributed by atoms with van der Waals surface area (Å²) in [6, 6.07) is 0.879. The Labute approximate surface area is 77.1 Å². The molecule has 0 amide bonds. The van der Waals surface area contributed by atoms with E-state index in [0.717, 1.165) is 6.04 Å². The van der Waals surface area contributed by atoms with Gasteiger partial charge in [-0.25, -0.2) is 0 Å². The van der Waals surface area contributed by atoms with Crippen molar-refractivity contribution in [3.8, 4) is 0 Å². The Kier molecular flexibility index (Phi) is 3.16. The monoisotopic (exact) mass is 169 g/mol. The summed E-state index contributed by atoms with van der Waals surface area (Å²) in [5.74, 6) is 0. The van der Waals surface area contributed by atoms with Crippen LogP contribution in [0.3, 0.4) is 0 Å². The predicted molar refractivity (Wildman–Crippen MR) is 54.3 cm³/mol. The molecule has 1 atom stereocenters. The van der Waals surface area contributed by atoms with Gasteiger partial charge in [0.2, 0.25) is 0 Å². The van der Waals surface area contributed by atoms with Gasteiger partial charge in [-0.15, -0.1) is 0 Å². The van der Waals surface area contributed by atoms with Crippen LogP contribution in [0, 0.1) is 5.41 Å². The molecule has 1 rings (SSSR count). The minimum absolute atomic E-state index is 0.470. The molecule has 0 aromatic carbocycles. The number of likely N-dealkylation sites (tertiary alicyclic amines) is 1. The second-order valence-corrected chi connectivity index (χ2v) is 5.24. The Balaban J connectivity index is 2.41. The normalized spacial score (nSPS) is 26.5. The van der Waals surface area contributed by atoms with Crippen molar-refractivity contribution in [1.82, 2.24) is 4.90 Å². The molecule has 1 heterocycles. The van der Waals surface area contributed by atoms with Crippen LogP contribution in [0.1, 0.15) is 47.0 Å². The van der Waals surface area contributed by atoms with Crippen LogP contribution in [0.4, 0.5) is 0 Å². The fourth-order valence-corrected chi connectivity index (χ4v) is 2.17. The predicted octanol–water partition coefficient (Wildman–Crippen LogP) is 2.91.